The molecule has 5 heterocycles. The summed E-state index contributed by atoms with van der Waals surface area (Å²) in [6, 6.07) is 33.3. The maximum Gasteiger partial charge on any atom is 0.233 e. The van der Waals surface area contributed by atoms with Crippen molar-refractivity contribution in [3.05, 3.63) is 145 Å². The molecular formula is C45H40N12O5S2. The van der Waals surface area contributed by atoms with Crippen molar-refractivity contribution in [2.24, 2.45) is 0 Å². The topological polar surface area (TPSA) is 208 Å². The van der Waals surface area contributed by atoms with Crippen molar-refractivity contribution in [1.29, 1.82) is 0 Å². The number of ether oxygens (including phenoxy) is 3. The van der Waals surface area contributed by atoms with Crippen LogP contribution < -0.4 is 30.7 Å². The van der Waals surface area contributed by atoms with Crippen molar-refractivity contribution >= 4 is 79.9 Å². The number of aromatic amines is 1. The van der Waals surface area contributed by atoms with Gasteiger partial charge in [0.05, 0.1) is 25.2 Å². The minimum atomic E-state index is -0.180. The quantitative estimate of drug-likeness (QED) is 0.0794. The smallest absolute Gasteiger partial charge is 0.233 e. The van der Waals surface area contributed by atoms with E-state index in [2.05, 4.69) is 56.5 Å². The number of amides is 2. The summed E-state index contributed by atoms with van der Waals surface area (Å²) < 4.78 is 19.4. The first-order chi connectivity index (χ1) is 31.3. The molecule has 322 valence electrons. The Morgan fingerprint density at radius 2 is 1.22 bits per heavy atom. The molecule has 1 aliphatic heterocycles. The second-order valence-corrected chi connectivity index (χ2v) is 15.0. The Morgan fingerprint density at radius 3 is 1.77 bits per heavy atom. The van der Waals surface area contributed by atoms with Crippen LogP contribution in [0.15, 0.2) is 134 Å². The molecule has 0 spiro atoms. The van der Waals surface area contributed by atoms with Crippen molar-refractivity contribution in [3.63, 3.8) is 0 Å². The zero-order valence-corrected chi connectivity index (χ0v) is 35.6. The van der Waals surface area contributed by atoms with Crippen LogP contribution in [0.4, 0.5) is 11.4 Å². The molecule has 64 heavy (non-hydrogen) atoms. The molecule has 1 aliphatic rings. The molecule has 0 radical (unpaired) electrons. The van der Waals surface area contributed by atoms with Crippen LogP contribution in [-0.4, -0.2) is 68.6 Å². The molecule has 2 amide bonds. The number of anilines is 2. The van der Waals surface area contributed by atoms with Crippen LogP contribution in [0.3, 0.4) is 0 Å². The van der Waals surface area contributed by atoms with E-state index in [-0.39, 0.29) is 41.1 Å². The third kappa shape index (κ3) is 11.6. The maximum atomic E-state index is 12.2. The molecule has 5 N–H and O–H groups in total. The van der Waals surface area contributed by atoms with Gasteiger partial charge in [0.25, 0.3) is 0 Å². The normalized spacial score (nSPS) is 13.2. The first kappa shape index (κ1) is 42.9. The average Bonchev–Trinajstić information content (AvgIpc) is 3.98. The van der Waals surface area contributed by atoms with Crippen molar-refractivity contribution in [1.82, 2.24) is 50.5 Å². The van der Waals surface area contributed by atoms with Gasteiger partial charge < -0.3 is 35.5 Å². The van der Waals surface area contributed by atoms with Gasteiger partial charge >= 0.3 is 0 Å². The van der Waals surface area contributed by atoms with E-state index in [1.807, 2.05) is 72.8 Å². The Labute approximate surface area is 377 Å². The number of hydrogen-bond acceptors (Lipinski definition) is 13. The molecule has 19 heteroatoms. The zero-order chi connectivity index (χ0) is 44.1. The number of rotatable bonds is 11. The van der Waals surface area contributed by atoms with Crippen molar-refractivity contribution in [3.8, 4) is 23.3 Å². The molecule has 17 nitrogen and oxygen atoms in total. The van der Waals surface area contributed by atoms with E-state index in [9.17, 15) is 9.59 Å². The summed E-state index contributed by atoms with van der Waals surface area (Å²) >= 11 is 10.5. The van der Waals surface area contributed by atoms with Crippen LogP contribution in [0.2, 0.25) is 0 Å². The first-order valence-corrected chi connectivity index (χ1v) is 20.9. The number of benzene rings is 4. The number of H-pyrrole nitrogens is 1. The fourth-order valence-corrected chi connectivity index (χ4v) is 7.00. The fraction of sp³-hybridized carbons (Fsp3) is 0.156. The number of nitrogens with zero attached hydrogens (tertiary/aromatic N) is 7. The molecule has 1 atom stereocenters. The van der Waals surface area contributed by atoms with E-state index < -0.39 is 0 Å². The number of hydrogen-bond donors (Lipinski definition) is 5. The van der Waals surface area contributed by atoms with E-state index in [1.54, 1.807) is 53.5 Å². The zero-order valence-electron chi connectivity index (χ0n) is 34.0. The van der Waals surface area contributed by atoms with Crippen molar-refractivity contribution in [2.45, 2.75) is 38.3 Å². The number of carbonyl (C=O) groups excluding carboxylic acids is 2. The highest BCUT2D eigenvalue weighted by Crippen LogP contribution is 2.31. The number of carbonyl (C=O) groups is 2. The van der Waals surface area contributed by atoms with Crippen LogP contribution in [0.5, 0.6) is 23.3 Å². The monoisotopic (exact) mass is 892 g/mol. The predicted molar refractivity (Wildman–Crippen MR) is 248 cm³/mol. The van der Waals surface area contributed by atoms with Gasteiger partial charge in [0.2, 0.25) is 23.6 Å². The van der Waals surface area contributed by atoms with Gasteiger partial charge in [0.1, 0.15) is 34.9 Å². The lowest BCUT2D eigenvalue weighted by atomic mass is 10.1. The molecule has 4 aromatic heterocycles. The average molecular weight is 893 g/mol. The highest BCUT2D eigenvalue weighted by Gasteiger charge is 2.21. The van der Waals surface area contributed by atoms with Crippen LogP contribution in [0, 0.1) is 0 Å². The van der Waals surface area contributed by atoms with Gasteiger partial charge in [-0.2, -0.15) is 10.2 Å². The van der Waals surface area contributed by atoms with Gasteiger partial charge in [-0.3, -0.25) is 14.7 Å². The van der Waals surface area contributed by atoms with Gasteiger partial charge in [-0.1, -0.05) is 60.7 Å². The second kappa shape index (κ2) is 20.9. The summed E-state index contributed by atoms with van der Waals surface area (Å²) in [7, 11) is 0. The van der Waals surface area contributed by atoms with E-state index in [1.165, 1.54) is 12.7 Å². The summed E-state index contributed by atoms with van der Waals surface area (Å²) in [6.07, 6.45) is 9.64. The Kier molecular flexibility index (Phi) is 14.0. The van der Waals surface area contributed by atoms with E-state index in [0.29, 0.717) is 45.3 Å². The minimum Gasteiger partial charge on any atom is -0.438 e. The summed E-state index contributed by atoms with van der Waals surface area (Å²) in [4.78, 5) is 41.2. The molecule has 4 aromatic carbocycles. The molecule has 9 rings (SSSR count). The number of fused-ring (bicyclic) bond motifs is 2. The van der Waals surface area contributed by atoms with Crippen LogP contribution in [-0.2, 0) is 27.2 Å². The number of nitrogens with one attached hydrogen (secondary N) is 5. The van der Waals surface area contributed by atoms with Gasteiger partial charge in [-0.15, -0.1) is 0 Å². The molecule has 0 bridgehead atoms. The summed E-state index contributed by atoms with van der Waals surface area (Å²) in [5, 5.41) is 24.4. The van der Waals surface area contributed by atoms with Crippen molar-refractivity contribution in [2.75, 3.05) is 17.2 Å². The molecule has 8 aromatic rings. The summed E-state index contributed by atoms with van der Waals surface area (Å²) in [5.74, 6) is 1.66. The Hall–Kier alpha value is -7.74. The van der Waals surface area contributed by atoms with Crippen molar-refractivity contribution < 1.29 is 23.8 Å². The molecular weight excluding hydrogens is 853 g/mol. The van der Waals surface area contributed by atoms with E-state index >= 15 is 0 Å². The van der Waals surface area contributed by atoms with Gasteiger partial charge in [0.15, 0.2) is 27.7 Å². The largest absolute Gasteiger partial charge is 0.438 e. The Morgan fingerprint density at radius 1 is 0.672 bits per heavy atom. The third-order valence-corrected chi connectivity index (χ3v) is 9.98. The lowest BCUT2D eigenvalue weighted by Crippen LogP contribution is -2.35. The SMILES string of the molecule is O=C(Cc1ccccc1)NC(=S)Nc1ccc(Oc2ncnc3[nH]ncc23)cc1.O=C(Cc1ccccc1)NC(=S)Nc1ccc(Oc2ncnc3c2cnn3C2CCCCO2)cc1. The molecule has 1 saturated heterocycles. The number of thiocarbonyl (C=S) groups is 2. The lowest BCUT2D eigenvalue weighted by molar-refractivity contribution is -0.119. The molecule has 0 aliphatic carbocycles. The fourth-order valence-electron chi connectivity index (χ4n) is 6.54. The maximum absolute atomic E-state index is 12.2. The third-order valence-electron chi connectivity index (χ3n) is 9.57. The number of aromatic nitrogens is 8. The van der Waals surface area contributed by atoms with Crippen LogP contribution >= 0.6 is 24.4 Å². The highest BCUT2D eigenvalue weighted by atomic mass is 32.1. The molecule has 1 fully saturated rings. The van der Waals surface area contributed by atoms with Crippen LogP contribution in [0.25, 0.3) is 22.1 Å². The Bertz CT molecular complexity index is 2860. The molecule has 0 saturated carbocycles. The standard InChI is InChI=1S/C25H24N6O3S.C20H16N6O2S/c32-21(14-17-6-2-1-3-7-17)30-25(35)29-18-9-11-19(12-10-18)34-24-20-15-28-31(23(20)26-16-27-24)22-8-4-5-13-33-22;27-17(10-13-4-2-1-3-5-13)25-20(29)24-14-6-8-15(9-7-14)28-19-16-11-23-26-18(16)21-12-22-19/h1-3,6-7,9-12,15-16,22H,4-5,8,13-14H2,(H2,29,30,32,35);1-9,11-12H,10H2,(H,21,22,23,26)(H2,24,25,27,29). The van der Waals surface area contributed by atoms with E-state index in [4.69, 9.17) is 38.6 Å². The summed E-state index contributed by atoms with van der Waals surface area (Å²) in [5.41, 5.74) is 4.56. The van der Waals surface area contributed by atoms with E-state index in [0.717, 1.165) is 48.4 Å². The minimum absolute atomic E-state index is 0.119. The van der Waals surface area contributed by atoms with Crippen LogP contribution in [0.1, 0.15) is 36.6 Å². The van der Waals surface area contributed by atoms with Gasteiger partial charge in [-0.05, 0) is 103 Å². The lowest BCUT2D eigenvalue weighted by Gasteiger charge is -2.22. The highest BCUT2D eigenvalue weighted by molar-refractivity contribution is 7.80. The van der Waals surface area contributed by atoms with Gasteiger partial charge in [0, 0.05) is 18.0 Å². The molecule has 1 unspecified atom stereocenters. The first-order valence-electron chi connectivity index (χ1n) is 20.1. The second-order valence-electron chi connectivity index (χ2n) is 14.2. The van der Waals surface area contributed by atoms with Gasteiger partial charge in [-0.25, -0.2) is 24.6 Å². The predicted octanol–water partition coefficient (Wildman–Crippen LogP) is 7.57. The Balaban J connectivity index is 0.000000178. The summed E-state index contributed by atoms with van der Waals surface area (Å²) in [6.45, 7) is 0.723.